The number of thioether (sulfide) groups is 1. The van der Waals surface area contributed by atoms with Crippen molar-refractivity contribution in [2.75, 3.05) is 25.2 Å². The van der Waals surface area contributed by atoms with E-state index in [1.165, 1.54) is 28.0 Å². The number of anilines is 1. The molecule has 9 nitrogen and oxygen atoms in total. The lowest BCUT2D eigenvalue weighted by Gasteiger charge is -2.24. The fourth-order valence-corrected chi connectivity index (χ4v) is 7.52. The number of fused-ring (bicyclic) bond motifs is 1. The molecule has 4 aromatic carbocycles. The minimum atomic E-state index is -1.00. The van der Waals surface area contributed by atoms with Crippen LogP contribution in [0, 0.1) is 5.92 Å². The number of hydrogen-bond donors (Lipinski definition) is 1. The lowest BCUT2D eigenvalue weighted by molar-refractivity contribution is -0.132. The maximum Gasteiger partial charge on any atom is 0.301 e. The summed E-state index contributed by atoms with van der Waals surface area (Å²) in [6.45, 7) is 7.02. The van der Waals surface area contributed by atoms with Gasteiger partial charge in [0, 0.05) is 11.3 Å². The van der Waals surface area contributed by atoms with Crippen molar-refractivity contribution >= 4 is 56.5 Å². The third kappa shape index (κ3) is 7.28. The number of carbonyl (C=O) groups excluding carboxylic acids is 2. The van der Waals surface area contributed by atoms with Gasteiger partial charge in [-0.2, -0.15) is 0 Å². The second kappa shape index (κ2) is 15.1. The van der Waals surface area contributed by atoms with Crippen LogP contribution in [0.2, 0.25) is 0 Å². The highest BCUT2D eigenvalue weighted by Gasteiger charge is 2.48. The number of aliphatic hydroxyl groups is 1. The van der Waals surface area contributed by atoms with Crippen molar-refractivity contribution in [1.82, 2.24) is 10.2 Å². The molecule has 1 aromatic heterocycles. The lowest BCUT2D eigenvalue weighted by Crippen LogP contribution is -2.29. The van der Waals surface area contributed by atoms with E-state index in [1.807, 2.05) is 25.1 Å². The van der Waals surface area contributed by atoms with Crippen LogP contribution in [0.1, 0.15) is 49.9 Å². The second-order valence-electron chi connectivity index (χ2n) is 11.8. The average molecular weight is 696 g/mol. The highest BCUT2D eigenvalue weighted by atomic mass is 32.2. The largest absolute Gasteiger partial charge is 0.507 e. The van der Waals surface area contributed by atoms with Crippen LogP contribution in [0.4, 0.5) is 5.13 Å². The van der Waals surface area contributed by atoms with Gasteiger partial charge in [-0.25, -0.2) is 0 Å². The number of aromatic nitrogens is 2. The lowest BCUT2D eigenvalue weighted by atomic mass is 9.95. The van der Waals surface area contributed by atoms with Crippen LogP contribution in [-0.4, -0.2) is 47.3 Å². The standard InChI is InChI=1S/C38H37N3O6S2/c1-5-46-31-21-26(15-18-30(31)47-20-19-23(2)3)33-32(34(42)25-13-16-28(45-4)17-14-25)35(43)36(44)41(33)37-39-40-38(49-37)48-22-27-11-8-10-24-9-6-7-12-29(24)27/h6-18,21,23,33,42H,5,19-20,22H2,1-4H3/b34-32+. The number of amides is 1. The molecule has 1 saturated heterocycles. The van der Waals surface area contributed by atoms with Gasteiger partial charge in [0.15, 0.2) is 15.8 Å². The molecule has 0 aliphatic carbocycles. The van der Waals surface area contributed by atoms with E-state index in [-0.39, 0.29) is 16.5 Å². The van der Waals surface area contributed by atoms with Crippen LogP contribution in [0.3, 0.4) is 0 Å². The maximum absolute atomic E-state index is 13.8. The van der Waals surface area contributed by atoms with Gasteiger partial charge in [0.1, 0.15) is 11.5 Å². The van der Waals surface area contributed by atoms with Gasteiger partial charge in [-0.15, -0.1) is 10.2 Å². The van der Waals surface area contributed by atoms with Gasteiger partial charge in [0.25, 0.3) is 5.78 Å². The number of benzene rings is 4. The molecule has 0 spiro atoms. The summed E-state index contributed by atoms with van der Waals surface area (Å²) in [6.07, 6.45) is 0.868. The highest BCUT2D eigenvalue weighted by Crippen LogP contribution is 2.46. The fourth-order valence-electron chi connectivity index (χ4n) is 5.65. The molecule has 1 aliphatic heterocycles. The molecule has 0 bridgehead atoms. The van der Waals surface area contributed by atoms with Crippen LogP contribution in [0.25, 0.3) is 16.5 Å². The van der Waals surface area contributed by atoms with Crippen molar-refractivity contribution in [3.63, 3.8) is 0 Å². The Kier molecular flexibility index (Phi) is 10.5. The van der Waals surface area contributed by atoms with E-state index in [1.54, 1.807) is 49.6 Å². The Labute approximate surface area is 293 Å². The highest BCUT2D eigenvalue weighted by molar-refractivity contribution is 8.00. The number of ketones is 1. The van der Waals surface area contributed by atoms with E-state index in [0.717, 1.165) is 22.8 Å². The number of nitrogens with zero attached hydrogens (tertiary/aromatic N) is 3. The molecule has 1 atom stereocenters. The minimum absolute atomic E-state index is 0.0637. The van der Waals surface area contributed by atoms with E-state index >= 15 is 0 Å². The smallest absolute Gasteiger partial charge is 0.301 e. The van der Waals surface area contributed by atoms with Crippen molar-refractivity contribution in [2.45, 2.75) is 43.3 Å². The Bertz CT molecular complexity index is 2000. The molecule has 0 radical (unpaired) electrons. The Hall–Kier alpha value is -4.87. The molecular formula is C38H37N3O6S2. The van der Waals surface area contributed by atoms with Crippen molar-refractivity contribution < 1.29 is 28.9 Å². The van der Waals surface area contributed by atoms with Crippen molar-refractivity contribution in [1.29, 1.82) is 0 Å². The summed E-state index contributed by atoms with van der Waals surface area (Å²) in [5, 5.41) is 22.9. The molecule has 2 heterocycles. The van der Waals surface area contributed by atoms with Gasteiger partial charge >= 0.3 is 5.91 Å². The molecule has 1 unspecified atom stereocenters. The van der Waals surface area contributed by atoms with Crippen molar-refractivity contribution in [3.05, 3.63) is 107 Å². The van der Waals surface area contributed by atoms with E-state index < -0.39 is 17.7 Å². The normalized spacial score (nSPS) is 15.7. The molecule has 1 amide bonds. The maximum atomic E-state index is 13.8. The van der Waals surface area contributed by atoms with Gasteiger partial charge in [0.2, 0.25) is 5.13 Å². The number of methoxy groups -OCH3 is 1. The summed E-state index contributed by atoms with van der Waals surface area (Å²) in [7, 11) is 1.54. The van der Waals surface area contributed by atoms with Gasteiger partial charge in [-0.05, 0) is 77.6 Å². The Morgan fingerprint density at radius 1 is 0.959 bits per heavy atom. The molecule has 49 heavy (non-hydrogen) atoms. The number of Topliss-reactive ketones (excluding diaryl/α,β-unsaturated/α-hetero) is 1. The van der Waals surface area contributed by atoms with E-state index in [0.29, 0.717) is 57.6 Å². The van der Waals surface area contributed by atoms with Gasteiger partial charge < -0.3 is 19.3 Å². The summed E-state index contributed by atoms with van der Waals surface area (Å²) < 4.78 is 17.9. The Balaban J connectivity index is 1.38. The molecule has 6 rings (SSSR count). The summed E-state index contributed by atoms with van der Waals surface area (Å²) >= 11 is 2.73. The average Bonchev–Trinajstić information content (AvgIpc) is 3.69. The Morgan fingerprint density at radius 3 is 2.49 bits per heavy atom. The molecule has 5 aromatic rings. The van der Waals surface area contributed by atoms with E-state index in [4.69, 9.17) is 14.2 Å². The number of ether oxygens (including phenoxy) is 3. The minimum Gasteiger partial charge on any atom is -0.507 e. The number of carbonyl (C=O) groups is 2. The summed E-state index contributed by atoms with van der Waals surface area (Å²) in [5.41, 5.74) is 2.00. The summed E-state index contributed by atoms with van der Waals surface area (Å²) in [5.74, 6) is 0.791. The zero-order valence-electron chi connectivity index (χ0n) is 27.7. The van der Waals surface area contributed by atoms with E-state index in [2.05, 4.69) is 48.3 Å². The van der Waals surface area contributed by atoms with Crippen LogP contribution in [-0.2, 0) is 15.3 Å². The van der Waals surface area contributed by atoms with E-state index in [9.17, 15) is 14.7 Å². The quantitative estimate of drug-likeness (QED) is 0.0427. The predicted molar refractivity (Wildman–Crippen MR) is 194 cm³/mol. The van der Waals surface area contributed by atoms with Crippen LogP contribution < -0.4 is 19.1 Å². The topological polar surface area (TPSA) is 111 Å². The van der Waals surface area contributed by atoms with Crippen LogP contribution in [0.5, 0.6) is 17.2 Å². The second-order valence-corrected chi connectivity index (χ2v) is 14.0. The van der Waals surface area contributed by atoms with Gasteiger partial charge in [-0.3, -0.25) is 14.5 Å². The van der Waals surface area contributed by atoms with Gasteiger partial charge in [-0.1, -0.05) is 85.5 Å². The summed E-state index contributed by atoms with van der Waals surface area (Å²) in [4.78, 5) is 29.0. The fraction of sp³-hybridized carbons (Fsp3) is 0.263. The molecule has 0 saturated carbocycles. The molecule has 11 heteroatoms. The molecule has 1 fully saturated rings. The zero-order chi connectivity index (χ0) is 34.5. The first kappa shape index (κ1) is 34.0. The van der Waals surface area contributed by atoms with Crippen LogP contribution >= 0.6 is 23.1 Å². The number of aliphatic hydroxyl groups excluding tert-OH is 1. The van der Waals surface area contributed by atoms with Crippen LogP contribution in [0.15, 0.2) is 94.8 Å². The molecule has 1 N–H and O–H groups in total. The first-order chi connectivity index (χ1) is 23.8. The third-order valence-electron chi connectivity index (χ3n) is 8.18. The predicted octanol–water partition coefficient (Wildman–Crippen LogP) is 8.44. The summed E-state index contributed by atoms with van der Waals surface area (Å²) in [6, 6.07) is 25.4. The SMILES string of the molecule is CCOc1cc(C2/C(=C(\O)c3ccc(OC)cc3)C(=O)C(=O)N2c2nnc(SCc3cccc4ccccc34)s2)ccc1OCCC(C)C. The monoisotopic (exact) mass is 695 g/mol. The van der Waals surface area contributed by atoms with Crippen molar-refractivity contribution in [2.24, 2.45) is 5.92 Å². The molecule has 1 aliphatic rings. The van der Waals surface area contributed by atoms with Crippen molar-refractivity contribution in [3.8, 4) is 17.2 Å². The Morgan fingerprint density at radius 2 is 1.73 bits per heavy atom. The zero-order valence-corrected chi connectivity index (χ0v) is 29.3. The molecular weight excluding hydrogens is 659 g/mol. The third-order valence-corrected chi connectivity index (χ3v) is 10.3. The van der Waals surface area contributed by atoms with Gasteiger partial charge in [0.05, 0.1) is 31.9 Å². The number of rotatable bonds is 13. The first-order valence-electron chi connectivity index (χ1n) is 16.1. The molecule has 252 valence electrons. The first-order valence-corrected chi connectivity index (χ1v) is 17.9. The number of hydrogen-bond acceptors (Lipinski definition) is 10.